The van der Waals surface area contributed by atoms with Crippen molar-refractivity contribution in [1.29, 1.82) is 0 Å². The van der Waals surface area contributed by atoms with Gasteiger partial charge in [0.05, 0.1) is 0 Å². The fourth-order valence-corrected chi connectivity index (χ4v) is 3.03. The highest BCUT2D eigenvalue weighted by atomic mass is 15.3. The van der Waals surface area contributed by atoms with Gasteiger partial charge in [-0.15, -0.1) is 0 Å². The summed E-state index contributed by atoms with van der Waals surface area (Å²) in [6.07, 6.45) is 7.16. The van der Waals surface area contributed by atoms with E-state index >= 15 is 0 Å². The van der Waals surface area contributed by atoms with Crippen LogP contribution in [0, 0.1) is 5.92 Å². The van der Waals surface area contributed by atoms with E-state index < -0.39 is 0 Å². The van der Waals surface area contributed by atoms with Gasteiger partial charge in [-0.25, -0.2) is 10.8 Å². The van der Waals surface area contributed by atoms with Crippen LogP contribution in [0.15, 0.2) is 18.3 Å². The van der Waals surface area contributed by atoms with Crippen molar-refractivity contribution >= 4 is 5.82 Å². The number of nitrogen functional groups attached to an aromatic ring is 1. The Morgan fingerprint density at radius 1 is 1.44 bits per heavy atom. The van der Waals surface area contributed by atoms with E-state index in [0.717, 1.165) is 18.3 Å². The quantitative estimate of drug-likeness (QED) is 0.634. The first-order valence-electron chi connectivity index (χ1n) is 6.83. The molecule has 18 heavy (non-hydrogen) atoms. The third kappa shape index (κ3) is 3.00. The van der Waals surface area contributed by atoms with Gasteiger partial charge < -0.3 is 5.43 Å². The van der Waals surface area contributed by atoms with Crippen LogP contribution < -0.4 is 11.3 Å². The first-order valence-corrected chi connectivity index (χ1v) is 6.83. The number of nitrogens with one attached hydrogen (secondary N) is 1. The molecule has 0 saturated heterocycles. The van der Waals surface area contributed by atoms with E-state index in [9.17, 15) is 0 Å². The highest BCUT2D eigenvalue weighted by Gasteiger charge is 2.25. The lowest BCUT2D eigenvalue weighted by Gasteiger charge is -2.36. The predicted octanol–water partition coefficient (Wildman–Crippen LogP) is 2.38. The van der Waals surface area contributed by atoms with Crippen LogP contribution in [-0.4, -0.2) is 23.0 Å². The Morgan fingerprint density at radius 2 is 2.22 bits per heavy atom. The van der Waals surface area contributed by atoms with Crippen molar-refractivity contribution in [3.63, 3.8) is 0 Å². The lowest BCUT2D eigenvalue weighted by Crippen LogP contribution is -2.38. The topological polar surface area (TPSA) is 54.2 Å². The number of hydrogen-bond acceptors (Lipinski definition) is 4. The third-order valence-electron chi connectivity index (χ3n) is 4.08. The second-order valence-corrected chi connectivity index (χ2v) is 5.40. The molecule has 1 aliphatic carbocycles. The third-order valence-corrected chi connectivity index (χ3v) is 4.08. The molecule has 0 amide bonds. The molecule has 3 N–H and O–H groups in total. The average molecular weight is 248 g/mol. The van der Waals surface area contributed by atoms with Crippen LogP contribution in [0.4, 0.5) is 5.82 Å². The molecule has 1 fully saturated rings. The first kappa shape index (κ1) is 13.3. The van der Waals surface area contributed by atoms with Crippen LogP contribution in [-0.2, 0) is 6.54 Å². The van der Waals surface area contributed by atoms with Crippen LogP contribution in [0.1, 0.15) is 38.2 Å². The van der Waals surface area contributed by atoms with Crippen LogP contribution in [0.5, 0.6) is 0 Å². The van der Waals surface area contributed by atoms with E-state index in [-0.39, 0.29) is 0 Å². The molecular weight excluding hydrogens is 224 g/mol. The molecule has 4 nitrogen and oxygen atoms in total. The molecule has 2 unspecified atom stereocenters. The van der Waals surface area contributed by atoms with Crippen molar-refractivity contribution in [2.45, 2.75) is 45.2 Å². The fourth-order valence-electron chi connectivity index (χ4n) is 3.03. The molecule has 2 rings (SSSR count). The Hall–Kier alpha value is -1.13. The van der Waals surface area contributed by atoms with Gasteiger partial charge in [0.15, 0.2) is 0 Å². The van der Waals surface area contributed by atoms with Crippen molar-refractivity contribution in [3.05, 3.63) is 23.9 Å². The summed E-state index contributed by atoms with van der Waals surface area (Å²) in [5, 5.41) is 0. The number of hydrogen-bond donors (Lipinski definition) is 2. The Bertz CT molecular complexity index is 380. The predicted molar refractivity (Wildman–Crippen MR) is 74.9 cm³/mol. The minimum atomic E-state index is 0.685. The van der Waals surface area contributed by atoms with Gasteiger partial charge in [-0.05, 0) is 31.9 Å². The van der Waals surface area contributed by atoms with Crippen molar-refractivity contribution < 1.29 is 0 Å². The van der Waals surface area contributed by atoms with Gasteiger partial charge in [0.25, 0.3) is 0 Å². The standard InChI is InChI=1S/C14H24N4/c1-11-6-3-4-8-13(11)18(2)10-12-7-5-9-16-14(12)17-15/h5,7,9,11,13H,3-4,6,8,10,15H2,1-2H3,(H,16,17). The molecule has 0 radical (unpaired) electrons. The fraction of sp³-hybridized carbons (Fsp3) is 0.643. The number of nitrogens with two attached hydrogens (primary N) is 1. The molecule has 2 atom stereocenters. The Balaban J connectivity index is 2.03. The van der Waals surface area contributed by atoms with Crippen LogP contribution in [0.25, 0.3) is 0 Å². The lowest BCUT2D eigenvalue weighted by molar-refractivity contribution is 0.133. The van der Waals surface area contributed by atoms with E-state index in [1.165, 1.54) is 31.2 Å². The molecule has 0 aromatic carbocycles. The highest BCUT2D eigenvalue weighted by Crippen LogP contribution is 2.28. The molecule has 1 heterocycles. The smallest absolute Gasteiger partial charge is 0.144 e. The second kappa shape index (κ2) is 6.16. The monoisotopic (exact) mass is 248 g/mol. The first-order chi connectivity index (χ1) is 8.72. The maximum absolute atomic E-state index is 5.50. The number of hydrazine groups is 1. The molecule has 0 spiro atoms. The minimum absolute atomic E-state index is 0.685. The van der Waals surface area contributed by atoms with Gasteiger partial charge in [0.1, 0.15) is 5.82 Å². The summed E-state index contributed by atoms with van der Waals surface area (Å²) < 4.78 is 0. The molecule has 1 aliphatic rings. The Morgan fingerprint density at radius 3 is 2.94 bits per heavy atom. The summed E-state index contributed by atoms with van der Waals surface area (Å²) >= 11 is 0. The molecule has 4 heteroatoms. The molecule has 0 aliphatic heterocycles. The molecular formula is C14H24N4. The van der Waals surface area contributed by atoms with Crippen LogP contribution in [0.3, 0.4) is 0 Å². The maximum atomic E-state index is 5.50. The Kier molecular flexibility index (Phi) is 4.55. The molecule has 1 aromatic rings. The van der Waals surface area contributed by atoms with Gasteiger partial charge in [0, 0.05) is 24.3 Å². The Labute approximate surface area is 110 Å². The number of aromatic nitrogens is 1. The van der Waals surface area contributed by atoms with E-state index in [1.54, 1.807) is 6.20 Å². The largest absolute Gasteiger partial charge is 0.308 e. The van der Waals surface area contributed by atoms with Gasteiger partial charge in [0.2, 0.25) is 0 Å². The zero-order valence-electron chi connectivity index (χ0n) is 11.4. The van der Waals surface area contributed by atoms with Crippen LogP contribution >= 0.6 is 0 Å². The molecule has 0 bridgehead atoms. The maximum Gasteiger partial charge on any atom is 0.144 e. The molecule has 1 aromatic heterocycles. The zero-order valence-corrected chi connectivity index (χ0v) is 11.4. The van der Waals surface area contributed by atoms with E-state index in [4.69, 9.17) is 5.84 Å². The van der Waals surface area contributed by atoms with E-state index in [1.807, 2.05) is 6.07 Å². The van der Waals surface area contributed by atoms with E-state index in [2.05, 4.69) is 35.3 Å². The number of nitrogens with zero attached hydrogens (tertiary/aromatic N) is 2. The van der Waals surface area contributed by atoms with Gasteiger partial charge in [-0.3, -0.25) is 4.90 Å². The van der Waals surface area contributed by atoms with Gasteiger partial charge in [-0.2, -0.15) is 0 Å². The summed E-state index contributed by atoms with van der Waals surface area (Å²) in [6.45, 7) is 3.27. The number of anilines is 1. The van der Waals surface area contributed by atoms with Crippen molar-refractivity contribution in [2.24, 2.45) is 11.8 Å². The van der Waals surface area contributed by atoms with E-state index in [0.29, 0.717) is 6.04 Å². The minimum Gasteiger partial charge on any atom is -0.308 e. The summed E-state index contributed by atoms with van der Waals surface area (Å²) in [6, 6.07) is 4.74. The van der Waals surface area contributed by atoms with Crippen molar-refractivity contribution in [1.82, 2.24) is 9.88 Å². The SMILES string of the molecule is CC1CCCCC1N(C)Cc1cccnc1NN. The van der Waals surface area contributed by atoms with Gasteiger partial charge >= 0.3 is 0 Å². The lowest BCUT2D eigenvalue weighted by atomic mass is 9.85. The summed E-state index contributed by atoms with van der Waals surface area (Å²) in [7, 11) is 2.21. The highest BCUT2D eigenvalue weighted by molar-refractivity contribution is 5.42. The van der Waals surface area contributed by atoms with Crippen molar-refractivity contribution in [2.75, 3.05) is 12.5 Å². The average Bonchev–Trinajstić information content (AvgIpc) is 2.39. The molecule has 1 saturated carbocycles. The second-order valence-electron chi connectivity index (χ2n) is 5.40. The zero-order chi connectivity index (χ0) is 13.0. The van der Waals surface area contributed by atoms with Crippen LogP contribution in [0.2, 0.25) is 0 Å². The summed E-state index contributed by atoms with van der Waals surface area (Å²) in [5.41, 5.74) is 3.84. The number of pyridine rings is 1. The number of rotatable bonds is 4. The normalized spacial score (nSPS) is 24.2. The summed E-state index contributed by atoms with van der Waals surface area (Å²) in [5.74, 6) is 7.07. The van der Waals surface area contributed by atoms with Gasteiger partial charge in [-0.1, -0.05) is 25.8 Å². The van der Waals surface area contributed by atoms with Crippen molar-refractivity contribution in [3.8, 4) is 0 Å². The summed E-state index contributed by atoms with van der Waals surface area (Å²) in [4.78, 5) is 6.70. The molecule has 100 valence electrons.